The molecule has 1 unspecified atom stereocenters. The largest absolute Gasteiger partial charge is 0.437 e. The first-order valence-electron chi connectivity index (χ1n) is 7.42. The van der Waals surface area contributed by atoms with Gasteiger partial charge in [-0.25, -0.2) is 0 Å². The summed E-state index contributed by atoms with van der Waals surface area (Å²) in [6.07, 6.45) is 1.31. The number of carbonyl (C=O) groups excluding carboxylic acids is 1. The third kappa shape index (κ3) is 8.48. The Kier molecular flexibility index (Phi) is 5.96. The first-order valence-corrected chi connectivity index (χ1v) is 16.8. The van der Waals surface area contributed by atoms with E-state index < -0.39 is 25.2 Å². The molecule has 0 spiro atoms. The van der Waals surface area contributed by atoms with Gasteiger partial charge in [-0.3, -0.25) is 4.79 Å². The van der Waals surface area contributed by atoms with E-state index in [9.17, 15) is 4.79 Å². The normalized spacial score (nSPS) is 20.1. The van der Waals surface area contributed by atoms with Crippen LogP contribution in [-0.2, 0) is 17.8 Å². The molecule has 1 saturated heterocycles. The highest BCUT2D eigenvalue weighted by molar-refractivity contribution is 6.87. The zero-order valence-electron chi connectivity index (χ0n) is 14.0. The van der Waals surface area contributed by atoms with Crippen LogP contribution in [0.5, 0.6) is 0 Å². The lowest BCUT2D eigenvalue weighted by Gasteiger charge is -2.38. The second-order valence-electron chi connectivity index (χ2n) is 7.76. The van der Waals surface area contributed by atoms with E-state index in [1.54, 1.807) is 0 Å². The lowest BCUT2D eigenvalue weighted by Crippen LogP contribution is -2.52. The van der Waals surface area contributed by atoms with Crippen molar-refractivity contribution < 1.29 is 17.8 Å². The van der Waals surface area contributed by atoms with Crippen molar-refractivity contribution in [1.29, 1.82) is 0 Å². The predicted molar refractivity (Wildman–Crippen MR) is 89.3 cm³/mol. The molecule has 118 valence electrons. The molecule has 0 saturated carbocycles. The topological polar surface area (TPSA) is 48.1 Å². The zero-order valence-corrected chi connectivity index (χ0v) is 17.0. The minimum absolute atomic E-state index is 0.186. The number of ether oxygens (including phenoxy) is 1. The summed E-state index contributed by atoms with van der Waals surface area (Å²) in [6, 6.07) is 0.771. The summed E-state index contributed by atoms with van der Waals surface area (Å²) < 4.78 is 17.9. The Morgan fingerprint density at radius 2 is 1.50 bits per heavy atom. The molecule has 0 aliphatic carbocycles. The first-order chi connectivity index (χ1) is 8.89. The maximum Gasteiger partial charge on any atom is 0.314 e. The molecule has 0 aromatic rings. The lowest BCUT2D eigenvalue weighted by molar-refractivity contribution is -0.119. The molecule has 0 N–H and O–H groups in total. The second kappa shape index (κ2) is 6.53. The van der Waals surface area contributed by atoms with E-state index in [4.69, 9.17) is 13.0 Å². The van der Waals surface area contributed by atoms with Gasteiger partial charge in [0.05, 0.1) is 12.7 Å². The maximum atomic E-state index is 11.9. The van der Waals surface area contributed by atoms with E-state index in [0.717, 1.165) is 12.7 Å². The van der Waals surface area contributed by atoms with E-state index in [0.29, 0.717) is 12.8 Å². The molecule has 1 aliphatic rings. The van der Waals surface area contributed by atoms with Crippen molar-refractivity contribution in [3.05, 3.63) is 0 Å². The van der Waals surface area contributed by atoms with Crippen LogP contribution in [-0.4, -0.2) is 43.7 Å². The fourth-order valence-corrected chi connectivity index (χ4v) is 14.8. The average Bonchev–Trinajstić information content (AvgIpc) is 2.92. The minimum atomic E-state index is -2.25. The van der Waals surface area contributed by atoms with Crippen LogP contribution in [0.25, 0.3) is 0 Å². The van der Waals surface area contributed by atoms with E-state index in [1.807, 2.05) is 0 Å². The summed E-state index contributed by atoms with van der Waals surface area (Å²) in [5, 5.41) is 0. The summed E-state index contributed by atoms with van der Waals surface area (Å²) >= 11 is 0. The summed E-state index contributed by atoms with van der Waals surface area (Å²) in [6.45, 7) is 16.0. The quantitative estimate of drug-likeness (QED) is 0.478. The number of carbonyl (C=O) groups is 1. The van der Waals surface area contributed by atoms with Gasteiger partial charge < -0.3 is 13.0 Å². The number of hydrogen-bond donors (Lipinski definition) is 0. The van der Waals surface area contributed by atoms with Gasteiger partial charge in [0.2, 0.25) is 0 Å². The van der Waals surface area contributed by atoms with Crippen molar-refractivity contribution in [2.75, 3.05) is 6.61 Å². The molecule has 1 fully saturated rings. The molecule has 0 bridgehead atoms. The molecule has 0 aromatic carbocycles. The first kappa shape index (κ1) is 18.3. The van der Waals surface area contributed by atoms with Crippen LogP contribution in [0.3, 0.4) is 0 Å². The number of ketones is 1. The highest BCUT2D eigenvalue weighted by atomic mass is 28.5. The van der Waals surface area contributed by atoms with Crippen molar-refractivity contribution in [2.45, 2.75) is 70.8 Å². The maximum absolute atomic E-state index is 11.9. The van der Waals surface area contributed by atoms with E-state index in [1.165, 1.54) is 0 Å². The van der Waals surface area contributed by atoms with Crippen LogP contribution in [0.1, 0.15) is 12.8 Å². The van der Waals surface area contributed by atoms with Crippen LogP contribution in [0.4, 0.5) is 0 Å². The van der Waals surface area contributed by atoms with Crippen molar-refractivity contribution in [3.63, 3.8) is 0 Å². The SMILES string of the molecule is C[Si](C)(C)O[Si](C)(CCC(=O)CC1CO1)O[Si](C)(C)C. The number of rotatable bonds is 9. The fourth-order valence-electron chi connectivity index (χ4n) is 2.33. The average molecular weight is 335 g/mol. The molecule has 1 atom stereocenters. The van der Waals surface area contributed by atoms with Gasteiger partial charge >= 0.3 is 8.56 Å². The van der Waals surface area contributed by atoms with Gasteiger partial charge in [-0.05, 0) is 51.9 Å². The Hall–Kier alpha value is 0.201. The summed E-state index contributed by atoms with van der Waals surface area (Å²) in [5.74, 6) is 0.282. The fraction of sp³-hybridized carbons (Fsp3) is 0.923. The van der Waals surface area contributed by atoms with Gasteiger partial charge in [-0.1, -0.05) is 0 Å². The number of hydrogen-bond acceptors (Lipinski definition) is 4. The van der Waals surface area contributed by atoms with Crippen molar-refractivity contribution >= 4 is 31.0 Å². The Balaban J connectivity index is 2.58. The van der Waals surface area contributed by atoms with Gasteiger partial charge in [0.15, 0.2) is 16.6 Å². The van der Waals surface area contributed by atoms with Crippen LogP contribution in [0, 0.1) is 0 Å². The standard InChI is InChI=1S/C13H30O4Si3/c1-18(2,3)16-20(7,17-19(4,5)6)9-8-12(14)10-13-11-15-13/h13H,8-11H2,1-7H3. The Labute approximate surface area is 126 Å². The Bertz CT molecular complexity index is 327. The van der Waals surface area contributed by atoms with Crippen LogP contribution >= 0.6 is 0 Å². The monoisotopic (exact) mass is 334 g/mol. The van der Waals surface area contributed by atoms with Gasteiger partial charge in [-0.2, -0.15) is 0 Å². The highest BCUT2D eigenvalue weighted by Crippen LogP contribution is 2.26. The predicted octanol–water partition coefficient (Wildman–Crippen LogP) is 3.51. The molecule has 4 nitrogen and oxygen atoms in total. The second-order valence-corrected chi connectivity index (χ2v) is 20.6. The molecule has 1 aliphatic heterocycles. The molecule has 0 amide bonds. The van der Waals surface area contributed by atoms with Gasteiger partial charge in [-0.15, -0.1) is 0 Å². The summed E-state index contributed by atoms with van der Waals surface area (Å²) in [7, 11) is -5.57. The van der Waals surface area contributed by atoms with Gasteiger partial charge in [0, 0.05) is 12.8 Å². The third-order valence-corrected chi connectivity index (χ3v) is 12.3. The van der Waals surface area contributed by atoms with E-state index in [2.05, 4.69) is 45.8 Å². The molecule has 1 rings (SSSR count). The minimum Gasteiger partial charge on any atom is -0.437 e. The van der Waals surface area contributed by atoms with Crippen LogP contribution < -0.4 is 0 Å². The van der Waals surface area contributed by atoms with Crippen molar-refractivity contribution in [1.82, 2.24) is 0 Å². The number of epoxide rings is 1. The van der Waals surface area contributed by atoms with Gasteiger partial charge in [0.1, 0.15) is 5.78 Å². The molecule has 0 aromatic heterocycles. The third-order valence-electron chi connectivity index (χ3n) is 2.76. The van der Waals surface area contributed by atoms with E-state index >= 15 is 0 Å². The van der Waals surface area contributed by atoms with Crippen molar-refractivity contribution in [3.8, 4) is 0 Å². The molecule has 0 radical (unpaired) electrons. The molecule has 7 heteroatoms. The van der Waals surface area contributed by atoms with Crippen LogP contribution in [0.2, 0.25) is 51.9 Å². The summed E-state index contributed by atoms with van der Waals surface area (Å²) in [5.41, 5.74) is 0. The van der Waals surface area contributed by atoms with E-state index in [-0.39, 0.29) is 11.9 Å². The Morgan fingerprint density at radius 1 is 1.05 bits per heavy atom. The van der Waals surface area contributed by atoms with Crippen molar-refractivity contribution in [2.24, 2.45) is 0 Å². The highest BCUT2D eigenvalue weighted by Gasteiger charge is 2.40. The smallest absolute Gasteiger partial charge is 0.314 e. The Morgan fingerprint density at radius 3 is 1.85 bits per heavy atom. The molecular weight excluding hydrogens is 304 g/mol. The molecule has 20 heavy (non-hydrogen) atoms. The van der Waals surface area contributed by atoms with Gasteiger partial charge in [0.25, 0.3) is 0 Å². The lowest BCUT2D eigenvalue weighted by atomic mass is 10.2. The molecular formula is C13H30O4Si3. The zero-order chi connectivity index (χ0) is 15.6. The number of Topliss-reactive ketones (excluding diaryl/α,β-unsaturated/α-hetero) is 1. The van der Waals surface area contributed by atoms with Crippen LogP contribution in [0.15, 0.2) is 0 Å². The molecule has 1 heterocycles. The summed E-state index contributed by atoms with van der Waals surface area (Å²) in [4.78, 5) is 11.9.